The van der Waals surface area contributed by atoms with Crippen LogP contribution >= 0.6 is 0 Å². The van der Waals surface area contributed by atoms with Gasteiger partial charge in [-0.3, -0.25) is 4.79 Å². The van der Waals surface area contributed by atoms with Crippen LogP contribution in [0.1, 0.15) is 20.8 Å². The fourth-order valence-corrected chi connectivity index (χ4v) is 1.38. The Kier molecular flexibility index (Phi) is 4.17. The summed E-state index contributed by atoms with van der Waals surface area (Å²) in [5.41, 5.74) is -0.528. The highest BCUT2D eigenvalue weighted by Gasteiger charge is 2.26. The Hall–Kier alpha value is -1.49. The summed E-state index contributed by atoms with van der Waals surface area (Å²) in [6.45, 7) is 5.95. The third kappa shape index (κ3) is 3.49. The second-order valence-corrected chi connectivity index (χ2v) is 4.24. The zero-order valence-electron chi connectivity index (χ0n) is 10.1. The molecular weight excluding hydrogens is 226 g/mol. The summed E-state index contributed by atoms with van der Waals surface area (Å²) in [5.74, 6) is -2.22. The lowest BCUT2D eigenvalue weighted by Crippen LogP contribution is -2.49. The summed E-state index contributed by atoms with van der Waals surface area (Å²) >= 11 is 0. The third-order valence-electron chi connectivity index (χ3n) is 2.36. The topological polar surface area (TPSA) is 41.1 Å². The first-order chi connectivity index (χ1) is 7.86. The molecule has 0 heterocycles. The van der Waals surface area contributed by atoms with Gasteiger partial charge in [-0.05, 0) is 32.5 Å². The highest BCUT2D eigenvalue weighted by Crippen LogP contribution is 2.15. The molecule has 0 bridgehead atoms. The fraction of sp³-hybridized carbons (Fsp3) is 0.417. The van der Waals surface area contributed by atoms with E-state index < -0.39 is 17.2 Å². The molecule has 0 aliphatic carbocycles. The summed E-state index contributed by atoms with van der Waals surface area (Å²) in [6, 6.07) is 3.25. The summed E-state index contributed by atoms with van der Waals surface area (Å²) in [5, 5.41) is 5.51. The SMILES string of the molecule is CCNC(C)(C)C(=O)Nc1ccc(F)c(F)c1. The van der Waals surface area contributed by atoms with Gasteiger partial charge in [-0.15, -0.1) is 0 Å². The molecular formula is C12H16F2N2O. The predicted octanol–water partition coefficient (Wildman–Crippen LogP) is 2.29. The van der Waals surface area contributed by atoms with Gasteiger partial charge in [-0.25, -0.2) is 8.78 Å². The summed E-state index contributed by atoms with van der Waals surface area (Å²) in [7, 11) is 0. The molecule has 0 spiro atoms. The number of hydrogen-bond donors (Lipinski definition) is 2. The molecule has 0 saturated heterocycles. The molecule has 1 rings (SSSR count). The highest BCUT2D eigenvalue weighted by atomic mass is 19.2. The molecule has 1 aromatic carbocycles. The van der Waals surface area contributed by atoms with E-state index in [1.807, 2.05) is 6.92 Å². The van der Waals surface area contributed by atoms with Crippen LogP contribution in [0.15, 0.2) is 18.2 Å². The van der Waals surface area contributed by atoms with Crippen LogP contribution in [-0.2, 0) is 4.79 Å². The molecule has 2 N–H and O–H groups in total. The Morgan fingerprint density at radius 3 is 2.47 bits per heavy atom. The molecule has 0 radical (unpaired) electrons. The van der Waals surface area contributed by atoms with Crippen LogP contribution in [0.2, 0.25) is 0 Å². The molecule has 0 fully saturated rings. The average molecular weight is 242 g/mol. The molecule has 0 aliphatic heterocycles. The van der Waals surface area contributed by atoms with Gasteiger partial charge < -0.3 is 10.6 Å². The van der Waals surface area contributed by atoms with Gasteiger partial charge in [0.2, 0.25) is 5.91 Å². The minimum absolute atomic E-state index is 0.236. The Bertz CT molecular complexity index is 419. The quantitative estimate of drug-likeness (QED) is 0.850. The number of hydrogen-bond acceptors (Lipinski definition) is 2. The van der Waals surface area contributed by atoms with E-state index in [2.05, 4.69) is 10.6 Å². The first-order valence-electron chi connectivity index (χ1n) is 5.38. The zero-order valence-corrected chi connectivity index (χ0v) is 10.1. The van der Waals surface area contributed by atoms with Crippen molar-refractivity contribution in [1.82, 2.24) is 5.32 Å². The lowest BCUT2D eigenvalue weighted by atomic mass is 10.0. The summed E-state index contributed by atoms with van der Waals surface area (Å²) in [6.07, 6.45) is 0. The van der Waals surface area contributed by atoms with E-state index in [1.165, 1.54) is 6.07 Å². The maximum atomic E-state index is 12.9. The molecule has 1 aromatic rings. The van der Waals surface area contributed by atoms with Gasteiger partial charge in [0.05, 0.1) is 5.54 Å². The van der Waals surface area contributed by atoms with Crippen LogP contribution in [0.25, 0.3) is 0 Å². The molecule has 0 aliphatic rings. The number of carbonyl (C=O) groups excluding carboxylic acids is 1. The number of rotatable bonds is 4. The van der Waals surface area contributed by atoms with Crippen molar-refractivity contribution >= 4 is 11.6 Å². The second-order valence-electron chi connectivity index (χ2n) is 4.24. The summed E-state index contributed by atoms with van der Waals surface area (Å²) < 4.78 is 25.6. The number of halogens is 2. The number of nitrogens with one attached hydrogen (secondary N) is 2. The molecule has 0 saturated carbocycles. The van der Waals surface area contributed by atoms with Crippen LogP contribution in [-0.4, -0.2) is 18.0 Å². The van der Waals surface area contributed by atoms with Crippen molar-refractivity contribution in [2.24, 2.45) is 0 Å². The van der Waals surface area contributed by atoms with E-state index in [0.717, 1.165) is 12.1 Å². The van der Waals surface area contributed by atoms with Gasteiger partial charge >= 0.3 is 0 Å². The fourth-order valence-electron chi connectivity index (χ4n) is 1.38. The van der Waals surface area contributed by atoms with Crippen LogP contribution < -0.4 is 10.6 Å². The van der Waals surface area contributed by atoms with E-state index in [0.29, 0.717) is 6.54 Å². The second kappa shape index (κ2) is 5.23. The van der Waals surface area contributed by atoms with E-state index >= 15 is 0 Å². The number of anilines is 1. The van der Waals surface area contributed by atoms with Crippen molar-refractivity contribution in [3.63, 3.8) is 0 Å². The monoisotopic (exact) mass is 242 g/mol. The van der Waals surface area contributed by atoms with Crippen LogP contribution in [0.5, 0.6) is 0 Å². The van der Waals surface area contributed by atoms with Gasteiger partial charge in [-0.2, -0.15) is 0 Å². The van der Waals surface area contributed by atoms with Crippen molar-refractivity contribution in [1.29, 1.82) is 0 Å². The molecule has 0 aromatic heterocycles. The molecule has 5 heteroatoms. The van der Waals surface area contributed by atoms with Crippen molar-refractivity contribution in [3.05, 3.63) is 29.8 Å². The van der Waals surface area contributed by atoms with Crippen LogP contribution in [0, 0.1) is 11.6 Å². The van der Waals surface area contributed by atoms with Gasteiger partial charge in [0.1, 0.15) is 0 Å². The normalized spacial score (nSPS) is 11.4. The highest BCUT2D eigenvalue weighted by molar-refractivity contribution is 5.97. The van der Waals surface area contributed by atoms with Crippen molar-refractivity contribution < 1.29 is 13.6 Å². The largest absolute Gasteiger partial charge is 0.324 e. The standard InChI is InChI=1S/C12H16F2N2O/c1-4-15-12(2,3)11(17)16-8-5-6-9(13)10(14)7-8/h5-7,15H,4H2,1-3H3,(H,16,17). The third-order valence-corrected chi connectivity index (χ3v) is 2.36. The molecule has 94 valence electrons. The molecule has 0 unspecified atom stereocenters. The van der Waals surface area contributed by atoms with Crippen molar-refractivity contribution in [3.8, 4) is 0 Å². The first kappa shape index (κ1) is 13.6. The predicted molar refractivity (Wildman–Crippen MR) is 62.7 cm³/mol. The van der Waals surface area contributed by atoms with Gasteiger partial charge in [0, 0.05) is 11.8 Å². The molecule has 0 atom stereocenters. The van der Waals surface area contributed by atoms with Crippen LogP contribution in [0.4, 0.5) is 14.5 Å². The Morgan fingerprint density at radius 2 is 1.94 bits per heavy atom. The molecule has 1 amide bonds. The van der Waals surface area contributed by atoms with E-state index in [1.54, 1.807) is 13.8 Å². The number of amides is 1. The zero-order chi connectivity index (χ0) is 13.1. The first-order valence-corrected chi connectivity index (χ1v) is 5.38. The average Bonchev–Trinajstić information content (AvgIpc) is 2.23. The molecule has 3 nitrogen and oxygen atoms in total. The van der Waals surface area contributed by atoms with Gasteiger partial charge in [0.15, 0.2) is 11.6 Å². The van der Waals surface area contributed by atoms with Crippen LogP contribution in [0.3, 0.4) is 0 Å². The minimum Gasteiger partial charge on any atom is -0.324 e. The lowest BCUT2D eigenvalue weighted by molar-refractivity contribution is -0.121. The molecule has 17 heavy (non-hydrogen) atoms. The Labute approximate surface area is 99.2 Å². The van der Waals surface area contributed by atoms with E-state index in [-0.39, 0.29) is 11.6 Å². The smallest absolute Gasteiger partial charge is 0.244 e. The Morgan fingerprint density at radius 1 is 1.29 bits per heavy atom. The van der Waals surface area contributed by atoms with Crippen molar-refractivity contribution in [2.45, 2.75) is 26.3 Å². The maximum Gasteiger partial charge on any atom is 0.244 e. The number of carbonyl (C=O) groups is 1. The Balaban J connectivity index is 2.77. The van der Waals surface area contributed by atoms with E-state index in [4.69, 9.17) is 0 Å². The number of benzene rings is 1. The number of likely N-dealkylation sites (N-methyl/N-ethyl adjacent to an activating group) is 1. The lowest BCUT2D eigenvalue weighted by Gasteiger charge is -2.24. The van der Waals surface area contributed by atoms with Crippen molar-refractivity contribution in [2.75, 3.05) is 11.9 Å². The van der Waals surface area contributed by atoms with E-state index in [9.17, 15) is 13.6 Å². The minimum atomic E-state index is -0.982. The maximum absolute atomic E-state index is 12.9. The van der Waals surface area contributed by atoms with Gasteiger partial charge in [0.25, 0.3) is 0 Å². The summed E-state index contributed by atoms with van der Waals surface area (Å²) in [4.78, 5) is 11.8. The van der Waals surface area contributed by atoms with Gasteiger partial charge in [-0.1, -0.05) is 6.92 Å².